The van der Waals surface area contributed by atoms with E-state index in [1.807, 2.05) is 18.2 Å². The monoisotopic (exact) mass is 385 g/mol. The van der Waals surface area contributed by atoms with Crippen molar-refractivity contribution < 1.29 is 13.9 Å². The fourth-order valence-corrected chi connectivity index (χ4v) is 4.14. The summed E-state index contributed by atoms with van der Waals surface area (Å²) >= 11 is 2.57. The third kappa shape index (κ3) is 3.04. The van der Waals surface area contributed by atoms with Gasteiger partial charge in [0, 0.05) is 10.9 Å². The van der Waals surface area contributed by atoms with Gasteiger partial charge in [-0.25, -0.2) is 14.4 Å². The van der Waals surface area contributed by atoms with Crippen molar-refractivity contribution in [2.24, 2.45) is 0 Å². The summed E-state index contributed by atoms with van der Waals surface area (Å²) in [5.41, 5.74) is 1.29. The van der Waals surface area contributed by atoms with Crippen LogP contribution in [0, 0.1) is 5.82 Å². The van der Waals surface area contributed by atoms with Crippen LogP contribution < -0.4 is 10.1 Å². The van der Waals surface area contributed by atoms with Gasteiger partial charge in [0.05, 0.1) is 11.8 Å². The molecule has 2 aromatic carbocycles. The van der Waals surface area contributed by atoms with Crippen LogP contribution in [0.1, 0.15) is 10.5 Å². The number of aromatic nitrogens is 2. The lowest BCUT2D eigenvalue weighted by Gasteiger charge is -1.99. The first-order valence-corrected chi connectivity index (χ1v) is 9.30. The number of carbonyl (C=O) groups excluding carboxylic acids is 1. The van der Waals surface area contributed by atoms with Crippen LogP contribution in [0.15, 0.2) is 47.8 Å². The highest BCUT2D eigenvalue weighted by Gasteiger charge is 2.16. The van der Waals surface area contributed by atoms with Gasteiger partial charge in [0.2, 0.25) is 0 Å². The van der Waals surface area contributed by atoms with E-state index >= 15 is 0 Å². The second-order valence-corrected chi connectivity index (χ2v) is 7.19. The van der Waals surface area contributed by atoms with Crippen molar-refractivity contribution in [3.05, 3.63) is 59.4 Å². The van der Waals surface area contributed by atoms with Crippen LogP contribution in [0.3, 0.4) is 0 Å². The number of carbonyl (C=O) groups is 1. The lowest BCUT2D eigenvalue weighted by Crippen LogP contribution is -2.12. The molecule has 2 aromatic heterocycles. The zero-order valence-corrected chi connectivity index (χ0v) is 15.2. The van der Waals surface area contributed by atoms with E-state index in [-0.39, 0.29) is 17.4 Å². The van der Waals surface area contributed by atoms with Crippen LogP contribution in [-0.2, 0) is 0 Å². The molecule has 0 saturated carbocycles. The smallest absolute Gasteiger partial charge is 0.276 e. The van der Waals surface area contributed by atoms with Crippen LogP contribution in [0.25, 0.3) is 20.8 Å². The molecule has 26 heavy (non-hydrogen) atoms. The Hall–Kier alpha value is -2.84. The molecule has 130 valence electrons. The molecule has 0 bridgehead atoms. The Morgan fingerprint density at radius 1 is 1.15 bits per heavy atom. The third-order valence-electron chi connectivity index (χ3n) is 3.66. The molecule has 0 radical (unpaired) electrons. The maximum Gasteiger partial charge on any atom is 0.276 e. The van der Waals surface area contributed by atoms with Gasteiger partial charge in [0.1, 0.15) is 27.8 Å². The van der Waals surface area contributed by atoms with Crippen LogP contribution in [0.5, 0.6) is 5.75 Å². The number of anilines is 1. The Morgan fingerprint density at radius 3 is 2.81 bits per heavy atom. The number of methoxy groups -OCH3 is 1. The predicted molar refractivity (Wildman–Crippen MR) is 102 cm³/mol. The van der Waals surface area contributed by atoms with Gasteiger partial charge in [0.25, 0.3) is 5.91 Å². The summed E-state index contributed by atoms with van der Waals surface area (Å²) in [5.74, 6) is -0.108. The largest absolute Gasteiger partial charge is 0.494 e. The van der Waals surface area contributed by atoms with E-state index in [1.54, 1.807) is 30.7 Å². The number of nitrogens with one attached hydrogen (secondary N) is 1. The summed E-state index contributed by atoms with van der Waals surface area (Å²) < 4.78 is 20.1. The Bertz CT molecular complexity index is 1110. The molecule has 0 aliphatic heterocycles. The molecule has 0 saturated heterocycles. The SMILES string of the molecule is COc1cccc2sc(NC(=O)c3csc(-c4ccccc4F)n3)nc12. The number of hydrogen-bond acceptors (Lipinski definition) is 6. The first-order chi connectivity index (χ1) is 12.7. The fourth-order valence-electron chi connectivity index (χ4n) is 2.44. The first kappa shape index (κ1) is 16.6. The minimum absolute atomic E-state index is 0.222. The molecule has 5 nitrogen and oxygen atoms in total. The standard InChI is InChI=1S/C18H12FN3O2S2/c1-24-13-7-4-8-14-15(13)21-18(26-14)22-16(23)12-9-25-17(20-12)10-5-2-3-6-11(10)19/h2-9H,1H3,(H,21,22,23). The minimum atomic E-state index is -0.387. The lowest BCUT2D eigenvalue weighted by molar-refractivity contribution is 0.102. The molecule has 0 atom stereocenters. The van der Waals surface area contributed by atoms with E-state index in [2.05, 4.69) is 15.3 Å². The zero-order chi connectivity index (χ0) is 18.1. The molecule has 4 aromatic rings. The van der Waals surface area contributed by atoms with Gasteiger partial charge in [-0.15, -0.1) is 11.3 Å². The average molecular weight is 385 g/mol. The number of benzene rings is 2. The first-order valence-electron chi connectivity index (χ1n) is 7.61. The Morgan fingerprint density at radius 2 is 2.00 bits per heavy atom. The van der Waals surface area contributed by atoms with Gasteiger partial charge in [-0.05, 0) is 24.3 Å². The highest BCUT2D eigenvalue weighted by atomic mass is 32.1. The highest BCUT2D eigenvalue weighted by molar-refractivity contribution is 7.22. The summed E-state index contributed by atoms with van der Waals surface area (Å²) in [4.78, 5) is 21.1. The highest BCUT2D eigenvalue weighted by Crippen LogP contribution is 2.32. The van der Waals surface area contributed by atoms with E-state index in [0.717, 1.165) is 4.70 Å². The molecule has 0 aliphatic carbocycles. The molecule has 0 fully saturated rings. The number of amides is 1. The van der Waals surface area contributed by atoms with E-state index in [1.165, 1.54) is 28.7 Å². The Kier molecular flexibility index (Phi) is 4.36. The van der Waals surface area contributed by atoms with Crippen molar-refractivity contribution in [2.75, 3.05) is 12.4 Å². The third-order valence-corrected chi connectivity index (χ3v) is 5.48. The van der Waals surface area contributed by atoms with Gasteiger partial charge in [0.15, 0.2) is 5.13 Å². The number of nitrogens with zero attached hydrogens (tertiary/aromatic N) is 2. The Balaban J connectivity index is 1.59. The zero-order valence-electron chi connectivity index (χ0n) is 13.5. The second-order valence-electron chi connectivity index (χ2n) is 5.30. The Labute approximate surface area is 156 Å². The molecular formula is C18H12FN3O2S2. The average Bonchev–Trinajstić information content (AvgIpc) is 3.28. The minimum Gasteiger partial charge on any atom is -0.494 e. The molecule has 4 rings (SSSR count). The van der Waals surface area contributed by atoms with E-state index in [0.29, 0.717) is 27.0 Å². The topological polar surface area (TPSA) is 64.1 Å². The van der Waals surface area contributed by atoms with Crippen LogP contribution in [-0.4, -0.2) is 23.0 Å². The maximum absolute atomic E-state index is 13.9. The summed E-state index contributed by atoms with van der Waals surface area (Å²) in [6, 6.07) is 11.9. The van der Waals surface area contributed by atoms with Crippen molar-refractivity contribution in [2.45, 2.75) is 0 Å². The number of hydrogen-bond donors (Lipinski definition) is 1. The van der Waals surface area contributed by atoms with Crippen molar-refractivity contribution in [1.29, 1.82) is 0 Å². The summed E-state index contributed by atoms with van der Waals surface area (Å²) in [5, 5.41) is 5.26. The predicted octanol–water partition coefficient (Wildman–Crippen LogP) is 4.82. The van der Waals surface area contributed by atoms with Crippen LogP contribution >= 0.6 is 22.7 Å². The van der Waals surface area contributed by atoms with Gasteiger partial charge >= 0.3 is 0 Å². The quantitative estimate of drug-likeness (QED) is 0.547. The number of halogens is 1. The van der Waals surface area contributed by atoms with E-state index in [4.69, 9.17) is 4.74 Å². The normalized spacial score (nSPS) is 10.8. The summed E-state index contributed by atoms with van der Waals surface area (Å²) in [6.45, 7) is 0. The maximum atomic E-state index is 13.9. The van der Waals surface area contributed by atoms with E-state index < -0.39 is 0 Å². The number of para-hydroxylation sites is 1. The summed E-state index contributed by atoms with van der Waals surface area (Å²) in [7, 11) is 1.58. The van der Waals surface area contributed by atoms with Crippen LogP contribution in [0.4, 0.5) is 9.52 Å². The molecule has 0 unspecified atom stereocenters. The van der Waals surface area contributed by atoms with Gasteiger partial charge in [-0.3, -0.25) is 10.1 Å². The fraction of sp³-hybridized carbons (Fsp3) is 0.0556. The van der Waals surface area contributed by atoms with Gasteiger partial charge in [-0.2, -0.15) is 0 Å². The van der Waals surface area contributed by atoms with Gasteiger partial charge in [-0.1, -0.05) is 29.5 Å². The molecule has 0 aliphatic rings. The number of ether oxygens (including phenoxy) is 1. The number of thiazole rings is 2. The van der Waals surface area contributed by atoms with Gasteiger partial charge < -0.3 is 4.74 Å². The van der Waals surface area contributed by atoms with Crippen molar-refractivity contribution in [1.82, 2.24) is 9.97 Å². The molecule has 1 amide bonds. The molecule has 1 N–H and O–H groups in total. The molecular weight excluding hydrogens is 373 g/mol. The molecule has 8 heteroatoms. The number of rotatable bonds is 4. The van der Waals surface area contributed by atoms with Crippen LogP contribution in [0.2, 0.25) is 0 Å². The van der Waals surface area contributed by atoms with Crippen molar-refractivity contribution >= 4 is 43.9 Å². The van der Waals surface area contributed by atoms with E-state index in [9.17, 15) is 9.18 Å². The number of fused-ring (bicyclic) bond motifs is 1. The second kappa shape index (κ2) is 6.81. The molecule has 0 spiro atoms. The van der Waals surface area contributed by atoms with Crippen molar-refractivity contribution in [3.8, 4) is 16.3 Å². The lowest BCUT2D eigenvalue weighted by atomic mass is 10.2. The molecule has 2 heterocycles. The van der Waals surface area contributed by atoms with Crippen molar-refractivity contribution in [3.63, 3.8) is 0 Å². The summed E-state index contributed by atoms with van der Waals surface area (Å²) in [6.07, 6.45) is 0.